The average Bonchev–Trinajstić information content (AvgIpc) is 2.05. The Hall–Kier alpha value is -1.32. The third kappa shape index (κ3) is 5.46. The molecule has 0 aromatic carbocycles. The van der Waals surface area contributed by atoms with Gasteiger partial charge in [0.2, 0.25) is 0 Å². The molecule has 0 atom stereocenters. The Morgan fingerprint density at radius 1 is 1.58 bits per heavy atom. The first kappa shape index (κ1) is 10.7. The first-order chi connectivity index (χ1) is 5.70. The first-order valence-electron chi connectivity index (χ1n) is 3.81. The van der Waals surface area contributed by atoms with E-state index in [0.717, 1.165) is 18.9 Å². The summed E-state index contributed by atoms with van der Waals surface area (Å²) in [6.45, 7) is 5.51. The number of carbonyl (C=O) groups is 2. The Labute approximate surface area is 71.6 Å². The van der Waals surface area contributed by atoms with Crippen molar-refractivity contribution in [3.63, 3.8) is 0 Å². The predicted octanol–water partition coefficient (Wildman–Crippen LogP) is 1.23. The van der Waals surface area contributed by atoms with Gasteiger partial charge in [-0.1, -0.05) is 19.9 Å². The molecule has 0 spiro atoms. The molecule has 12 heavy (non-hydrogen) atoms. The monoisotopic (exact) mass is 171 g/mol. The molecule has 68 valence electrons. The summed E-state index contributed by atoms with van der Waals surface area (Å²) in [5, 5.41) is 1.97. The number of ether oxygens (including phenoxy) is 1. The van der Waals surface area contributed by atoms with E-state index in [1.54, 1.807) is 0 Å². The minimum atomic E-state index is -0.714. The van der Waals surface area contributed by atoms with Crippen molar-refractivity contribution >= 4 is 12.0 Å². The van der Waals surface area contributed by atoms with E-state index >= 15 is 0 Å². The van der Waals surface area contributed by atoms with Crippen LogP contribution in [0.1, 0.15) is 19.8 Å². The highest BCUT2D eigenvalue weighted by atomic mass is 16.5. The van der Waals surface area contributed by atoms with E-state index in [1.165, 1.54) is 0 Å². The molecular formula is C8H13NO3. The molecule has 0 heterocycles. The van der Waals surface area contributed by atoms with Crippen LogP contribution in [0.2, 0.25) is 0 Å². The third-order valence-corrected chi connectivity index (χ3v) is 1.14. The second-order valence-electron chi connectivity index (χ2n) is 2.18. The van der Waals surface area contributed by atoms with E-state index in [1.807, 2.05) is 12.2 Å². The molecule has 0 aliphatic carbocycles. The molecule has 0 saturated heterocycles. The van der Waals surface area contributed by atoms with Crippen molar-refractivity contribution in [1.29, 1.82) is 0 Å². The maximum atomic E-state index is 10.7. The van der Waals surface area contributed by atoms with Crippen LogP contribution < -0.4 is 5.32 Å². The maximum Gasteiger partial charge on any atom is 0.414 e. The SMILES string of the molecule is C=CC(=O)NC(=O)OCCCC. The van der Waals surface area contributed by atoms with Gasteiger partial charge < -0.3 is 4.74 Å². The largest absolute Gasteiger partial charge is 0.449 e. The van der Waals surface area contributed by atoms with Crippen molar-refractivity contribution in [2.24, 2.45) is 0 Å². The molecular weight excluding hydrogens is 158 g/mol. The zero-order chi connectivity index (χ0) is 9.40. The lowest BCUT2D eigenvalue weighted by molar-refractivity contribution is -0.115. The van der Waals surface area contributed by atoms with Crippen LogP contribution in [-0.2, 0) is 9.53 Å². The average molecular weight is 171 g/mol. The van der Waals surface area contributed by atoms with E-state index < -0.39 is 12.0 Å². The van der Waals surface area contributed by atoms with Gasteiger partial charge in [0.05, 0.1) is 6.61 Å². The van der Waals surface area contributed by atoms with Crippen LogP contribution in [-0.4, -0.2) is 18.6 Å². The fraction of sp³-hybridized carbons (Fsp3) is 0.500. The van der Waals surface area contributed by atoms with Gasteiger partial charge >= 0.3 is 6.09 Å². The Kier molecular flexibility index (Phi) is 5.69. The molecule has 0 unspecified atom stereocenters. The quantitative estimate of drug-likeness (QED) is 0.511. The van der Waals surface area contributed by atoms with Crippen molar-refractivity contribution in [3.8, 4) is 0 Å². The Balaban J connectivity index is 3.46. The van der Waals surface area contributed by atoms with Crippen molar-refractivity contribution in [1.82, 2.24) is 5.32 Å². The minimum absolute atomic E-state index is 0.340. The van der Waals surface area contributed by atoms with Gasteiger partial charge in [-0.2, -0.15) is 0 Å². The number of imide groups is 1. The van der Waals surface area contributed by atoms with Gasteiger partial charge in [0.1, 0.15) is 0 Å². The van der Waals surface area contributed by atoms with Crippen LogP contribution in [0, 0.1) is 0 Å². The summed E-state index contributed by atoms with van der Waals surface area (Å²) in [6.07, 6.45) is 2.05. The van der Waals surface area contributed by atoms with Gasteiger partial charge in [0.25, 0.3) is 5.91 Å². The lowest BCUT2D eigenvalue weighted by atomic mass is 10.4. The zero-order valence-electron chi connectivity index (χ0n) is 7.13. The molecule has 0 aromatic rings. The number of rotatable bonds is 4. The van der Waals surface area contributed by atoms with Gasteiger partial charge in [-0.3, -0.25) is 10.1 Å². The number of hydrogen-bond acceptors (Lipinski definition) is 3. The highest BCUT2D eigenvalue weighted by molar-refractivity contribution is 5.98. The van der Waals surface area contributed by atoms with Crippen molar-refractivity contribution in [2.45, 2.75) is 19.8 Å². The van der Waals surface area contributed by atoms with Gasteiger partial charge in [-0.05, 0) is 12.5 Å². The summed E-state index contributed by atoms with van der Waals surface area (Å²) >= 11 is 0. The molecule has 0 saturated carbocycles. The highest BCUT2D eigenvalue weighted by Gasteiger charge is 2.03. The summed E-state index contributed by atoms with van der Waals surface area (Å²) in [5.74, 6) is -0.545. The summed E-state index contributed by atoms with van der Waals surface area (Å²) in [7, 11) is 0. The van der Waals surface area contributed by atoms with Crippen molar-refractivity contribution in [3.05, 3.63) is 12.7 Å². The van der Waals surface area contributed by atoms with Crippen LogP contribution >= 0.6 is 0 Å². The molecule has 0 aliphatic rings. The molecule has 0 rings (SSSR count). The molecule has 0 aliphatic heterocycles. The second-order valence-corrected chi connectivity index (χ2v) is 2.18. The van der Waals surface area contributed by atoms with E-state index in [0.29, 0.717) is 6.61 Å². The molecule has 2 amide bonds. The van der Waals surface area contributed by atoms with Gasteiger partial charge in [0, 0.05) is 0 Å². The lowest BCUT2D eigenvalue weighted by Crippen LogP contribution is -2.29. The van der Waals surface area contributed by atoms with E-state index in [-0.39, 0.29) is 0 Å². The summed E-state index contributed by atoms with van der Waals surface area (Å²) in [4.78, 5) is 21.2. The normalized spacial score (nSPS) is 8.75. The standard InChI is InChI=1S/C8H13NO3/c1-3-5-6-12-8(11)9-7(10)4-2/h4H,2-3,5-6H2,1H3,(H,9,10,11). The number of carbonyl (C=O) groups excluding carboxylic acids is 2. The van der Waals surface area contributed by atoms with Crippen LogP contribution in [0.25, 0.3) is 0 Å². The summed E-state index contributed by atoms with van der Waals surface area (Å²) in [6, 6.07) is 0. The second kappa shape index (κ2) is 6.39. The first-order valence-corrected chi connectivity index (χ1v) is 3.81. The maximum absolute atomic E-state index is 10.7. The van der Waals surface area contributed by atoms with E-state index in [4.69, 9.17) is 0 Å². The number of amides is 2. The fourth-order valence-corrected chi connectivity index (χ4v) is 0.497. The summed E-state index contributed by atoms with van der Waals surface area (Å²) in [5.41, 5.74) is 0. The lowest BCUT2D eigenvalue weighted by Gasteiger charge is -2.02. The number of hydrogen-bond donors (Lipinski definition) is 1. The van der Waals surface area contributed by atoms with Gasteiger partial charge in [-0.15, -0.1) is 0 Å². The molecule has 1 N–H and O–H groups in total. The van der Waals surface area contributed by atoms with Crippen LogP contribution in [0.15, 0.2) is 12.7 Å². The predicted molar refractivity (Wildman–Crippen MR) is 44.6 cm³/mol. The van der Waals surface area contributed by atoms with Crippen molar-refractivity contribution < 1.29 is 14.3 Å². The Morgan fingerprint density at radius 2 is 2.25 bits per heavy atom. The molecule has 0 bridgehead atoms. The zero-order valence-corrected chi connectivity index (χ0v) is 7.13. The number of unbranched alkanes of at least 4 members (excludes halogenated alkanes) is 1. The van der Waals surface area contributed by atoms with Gasteiger partial charge in [-0.25, -0.2) is 4.79 Å². The van der Waals surface area contributed by atoms with E-state index in [2.05, 4.69) is 11.3 Å². The molecule has 0 radical (unpaired) electrons. The van der Waals surface area contributed by atoms with Crippen LogP contribution in [0.4, 0.5) is 4.79 Å². The topological polar surface area (TPSA) is 55.4 Å². The smallest absolute Gasteiger partial charge is 0.414 e. The molecule has 0 aromatic heterocycles. The summed E-state index contributed by atoms with van der Waals surface area (Å²) < 4.78 is 4.64. The van der Waals surface area contributed by atoms with Crippen LogP contribution in [0.3, 0.4) is 0 Å². The highest BCUT2D eigenvalue weighted by Crippen LogP contribution is 1.87. The number of alkyl carbamates (subject to hydrolysis) is 1. The molecule has 4 heteroatoms. The fourth-order valence-electron chi connectivity index (χ4n) is 0.497. The van der Waals surface area contributed by atoms with E-state index in [9.17, 15) is 9.59 Å². The Bertz CT molecular complexity index is 177. The Morgan fingerprint density at radius 3 is 2.75 bits per heavy atom. The van der Waals surface area contributed by atoms with Gasteiger partial charge in [0.15, 0.2) is 0 Å². The molecule has 0 fully saturated rings. The van der Waals surface area contributed by atoms with Crippen LogP contribution in [0.5, 0.6) is 0 Å². The minimum Gasteiger partial charge on any atom is -0.449 e. The molecule has 4 nitrogen and oxygen atoms in total. The number of nitrogens with one attached hydrogen (secondary N) is 1. The third-order valence-electron chi connectivity index (χ3n) is 1.14. The van der Waals surface area contributed by atoms with Crippen molar-refractivity contribution in [2.75, 3.05) is 6.61 Å².